The Bertz CT molecular complexity index is 54.0. The molecule has 8 heavy (non-hydrogen) atoms. The van der Waals surface area contributed by atoms with Crippen molar-refractivity contribution < 1.29 is 20.1 Å². The number of hydrogen-bond donors (Lipinski definition) is 3. The van der Waals surface area contributed by atoms with Crippen LogP contribution in [0.15, 0.2) is 0 Å². The van der Waals surface area contributed by atoms with Crippen LogP contribution in [0.3, 0.4) is 0 Å². The maximum absolute atomic E-state index is 8.49. The first kappa shape index (κ1) is 7.84. The van der Waals surface area contributed by atoms with E-state index in [1.54, 1.807) is 0 Å². The lowest BCUT2D eigenvalue weighted by molar-refractivity contribution is -0.142. The van der Waals surface area contributed by atoms with Crippen molar-refractivity contribution in [1.82, 2.24) is 0 Å². The Morgan fingerprint density at radius 3 is 2.00 bits per heavy atom. The van der Waals surface area contributed by atoms with E-state index in [0.717, 1.165) is 0 Å². The van der Waals surface area contributed by atoms with Gasteiger partial charge in [0.25, 0.3) is 0 Å². The average Bonchev–Trinajstić information content (AvgIpc) is 1.65. The van der Waals surface area contributed by atoms with Crippen LogP contribution in [0, 0.1) is 0 Å². The van der Waals surface area contributed by atoms with Crippen LogP contribution in [0.5, 0.6) is 0 Å². The Morgan fingerprint density at radius 2 is 1.88 bits per heavy atom. The second-order valence-electron chi connectivity index (χ2n) is 1.41. The molecule has 1 unspecified atom stereocenters. The summed E-state index contributed by atoms with van der Waals surface area (Å²) in [6.45, 7) is 0. The molecule has 4 nitrogen and oxygen atoms in total. The number of aliphatic hydroxyl groups is 3. The van der Waals surface area contributed by atoms with Crippen molar-refractivity contribution in [3.05, 3.63) is 0 Å². The largest absolute Gasteiger partial charge is 0.368 e. The van der Waals surface area contributed by atoms with E-state index in [1.807, 2.05) is 0 Å². The molecule has 0 spiro atoms. The van der Waals surface area contributed by atoms with E-state index in [-0.39, 0.29) is 6.42 Å². The molecule has 4 heteroatoms. The minimum atomic E-state index is -1.50. The Balaban J connectivity index is 3.10. The van der Waals surface area contributed by atoms with E-state index in [9.17, 15) is 0 Å². The summed E-state index contributed by atoms with van der Waals surface area (Å²) in [5.74, 6) is 0. The first-order valence-electron chi connectivity index (χ1n) is 2.24. The third kappa shape index (κ3) is 4.01. The van der Waals surface area contributed by atoms with Gasteiger partial charge < -0.3 is 20.1 Å². The van der Waals surface area contributed by atoms with E-state index >= 15 is 0 Å². The van der Waals surface area contributed by atoms with Crippen molar-refractivity contribution in [2.45, 2.75) is 19.0 Å². The van der Waals surface area contributed by atoms with Gasteiger partial charge in [0, 0.05) is 13.5 Å². The third-order valence-electron chi connectivity index (χ3n) is 0.685. The molecule has 0 saturated heterocycles. The topological polar surface area (TPSA) is 69.9 Å². The van der Waals surface area contributed by atoms with Crippen molar-refractivity contribution in [2.24, 2.45) is 0 Å². The molecule has 0 aliphatic rings. The molecular formula is C4H10O4. The zero-order valence-electron chi connectivity index (χ0n) is 4.61. The maximum Gasteiger partial charge on any atom is 0.158 e. The maximum atomic E-state index is 8.49. The van der Waals surface area contributed by atoms with Gasteiger partial charge in [-0.15, -0.1) is 0 Å². The lowest BCUT2D eigenvalue weighted by Crippen LogP contribution is -2.18. The number of aliphatic hydroxyl groups excluding tert-OH is 2. The molecule has 0 rings (SSSR count). The van der Waals surface area contributed by atoms with Crippen molar-refractivity contribution in [2.75, 3.05) is 7.11 Å². The van der Waals surface area contributed by atoms with Crippen LogP contribution >= 0.6 is 0 Å². The van der Waals surface area contributed by atoms with Gasteiger partial charge >= 0.3 is 0 Å². The van der Waals surface area contributed by atoms with Crippen LogP contribution in [0.4, 0.5) is 0 Å². The van der Waals surface area contributed by atoms with Gasteiger partial charge in [-0.05, 0) is 0 Å². The summed E-state index contributed by atoms with van der Waals surface area (Å²) in [7, 11) is 1.28. The van der Waals surface area contributed by atoms with Crippen LogP contribution in [-0.2, 0) is 4.74 Å². The molecule has 0 amide bonds. The van der Waals surface area contributed by atoms with Crippen LogP contribution in [0.1, 0.15) is 6.42 Å². The molecule has 0 aliphatic carbocycles. The van der Waals surface area contributed by atoms with Crippen LogP contribution in [0.2, 0.25) is 0 Å². The van der Waals surface area contributed by atoms with E-state index in [0.29, 0.717) is 0 Å². The molecule has 3 N–H and O–H groups in total. The summed E-state index contributed by atoms with van der Waals surface area (Å²) < 4.78 is 4.30. The van der Waals surface area contributed by atoms with E-state index in [4.69, 9.17) is 15.3 Å². The smallest absolute Gasteiger partial charge is 0.158 e. The first-order valence-corrected chi connectivity index (χ1v) is 2.24. The monoisotopic (exact) mass is 122 g/mol. The molecular weight excluding hydrogens is 112 g/mol. The zero-order valence-corrected chi connectivity index (χ0v) is 4.61. The van der Waals surface area contributed by atoms with Gasteiger partial charge in [0.2, 0.25) is 0 Å². The Hall–Kier alpha value is -0.160. The summed E-state index contributed by atoms with van der Waals surface area (Å²) in [4.78, 5) is 0. The van der Waals surface area contributed by atoms with Gasteiger partial charge in [0.05, 0.1) is 0 Å². The Morgan fingerprint density at radius 1 is 1.38 bits per heavy atom. The van der Waals surface area contributed by atoms with Gasteiger partial charge in [-0.25, -0.2) is 0 Å². The Kier molecular flexibility index (Phi) is 3.72. The van der Waals surface area contributed by atoms with Crippen molar-refractivity contribution in [3.63, 3.8) is 0 Å². The highest BCUT2D eigenvalue weighted by molar-refractivity contribution is 4.40. The number of methoxy groups -OCH3 is 1. The number of rotatable bonds is 3. The predicted octanol–water partition coefficient (Wildman–Crippen LogP) is -1.35. The van der Waals surface area contributed by atoms with E-state index in [1.165, 1.54) is 7.11 Å². The highest BCUT2D eigenvalue weighted by Gasteiger charge is 2.05. The van der Waals surface area contributed by atoms with Crippen molar-refractivity contribution >= 4 is 0 Å². The molecule has 50 valence electrons. The van der Waals surface area contributed by atoms with Gasteiger partial charge in [0.15, 0.2) is 12.6 Å². The standard InChI is InChI=1S/C4H10O4/c1-8-4(7)2-3(5)6/h3-7H,2H2,1H3. The van der Waals surface area contributed by atoms with E-state index in [2.05, 4.69) is 4.74 Å². The summed E-state index contributed by atoms with van der Waals surface area (Å²) in [6, 6.07) is 0. The lowest BCUT2D eigenvalue weighted by atomic mass is 10.4. The van der Waals surface area contributed by atoms with Crippen molar-refractivity contribution in [1.29, 1.82) is 0 Å². The van der Waals surface area contributed by atoms with Crippen molar-refractivity contribution in [3.8, 4) is 0 Å². The van der Waals surface area contributed by atoms with E-state index < -0.39 is 12.6 Å². The normalized spacial score (nSPS) is 14.6. The molecule has 0 radical (unpaired) electrons. The molecule has 0 aromatic heterocycles. The van der Waals surface area contributed by atoms with Crippen LogP contribution < -0.4 is 0 Å². The van der Waals surface area contributed by atoms with Crippen LogP contribution in [0.25, 0.3) is 0 Å². The first-order chi connectivity index (χ1) is 3.66. The highest BCUT2D eigenvalue weighted by Crippen LogP contribution is 1.93. The fourth-order valence-electron chi connectivity index (χ4n) is 0.277. The molecule has 0 aliphatic heterocycles. The predicted molar refractivity (Wildman–Crippen MR) is 25.9 cm³/mol. The fraction of sp³-hybridized carbons (Fsp3) is 1.00. The fourth-order valence-corrected chi connectivity index (χ4v) is 0.277. The average molecular weight is 122 g/mol. The van der Waals surface area contributed by atoms with Gasteiger partial charge in [0.1, 0.15) is 0 Å². The minimum absolute atomic E-state index is 0.170. The minimum Gasteiger partial charge on any atom is -0.368 e. The summed E-state index contributed by atoms with van der Waals surface area (Å²) in [5, 5.41) is 24.8. The van der Waals surface area contributed by atoms with Gasteiger partial charge in [-0.2, -0.15) is 0 Å². The highest BCUT2D eigenvalue weighted by atomic mass is 16.6. The second-order valence-corrected chi connectivity index (χ2v) is 1.41. The molecule has 0 fully saturated rings. The van der Waals surface area contributed by atoms with Gasteiger partial charge in [-0.1, -0.05) is 0 Å². The molecule has 1 atom stereocenters. The lowest BCUT2D eigenvalue weighted by Gasteiger charge is -2.07. The summed E-state index contributed by atoms with van der Waals surface area (Å²) >= 11 is 0. The Labute approximate surface area is 47.3 Å². The van der Waals surface area contributed by atoms with Crippen LogP contribution in [-0.4, -0.2) is 35.0 Å². The number of hydrogen-bond acceptors (Lipinski definition) is 4. The third-order valence-corrected chi connectivity index (χ3v) is 0.685. The van der Waals surface area contributed by atoms with Gasteiger partial charge in [-0.3, -0.25) is 0 Å². The summed E-state index contributed by atoms with van der Waals surface area (Å²) in [6.07, 6.45) is -2.74. The molecule has 0 aromatic carbocycles. The zero-order chi connectivity index (χ0) is 6.57. The molecule has 0 aromatic rings. The molecule has 0 saturated carbocycles. The molecule has 0 heterocycles. The molecule has 0 bridgehead atoms. The number of ether oxygens (including phenoxy) is 1. The quantitative estimate of drug-likeness (QED) is 0.405. The summed E-state index contributed by atoms with van der Waals surface area (Å²) in [5.41, 5.74) is 0. The SMILES string of the molecule is COC(O)CC(O)O. The second kappa shape index (κ2) is 3.80.